The molecule has 0 saturated heterocycles. The summed E-state index contributed by atoms with van der Waals surface area (Å²) in [7, 11) is 1.21. The maximum absolute atomic E-state index is 14.1. The van der Waals surface area contributed by atoms with Crippen LogP contribution >= 0.6 is 23.2 Å². The molecule has 0 aliphatic carbocycles. The summed E-state index contributed by atoms with van der Waals surface area (Å²) in [4.78, 5) is 16.6. The van der Waals surface area contributed by atoms with Crippen molar-refractivity contribution in [3.63, 3.8) is 0 Å². The third-order valence-electron chi connectivity index (χ3n) is 4.68. The Kier molecular flexibility index (Phi) is 6.77. The van der Waals surface area contributed by atoms with E-state index in [1.807, 2.05) is 5.32 Å². The van der Waals surface area contributed by atoms with Crippen LogP contribution in [0, 0.1) is 0 Å². The van der Waals surface area contributed by atoms with Gasteiger partial charge in [-0.25, -0.2) is 0 Å². The Morgan fingerprint density at radius 2 is 1.76 bits per heavy atom. The van der Waals surface area contributed by atoms with Crippen LogP contribution in [-0.4, -0.2) is 31.1 Å². The van der Waals surface area contributed by atoms with E-state index in [-0.39, 0.29) is 38.3 Å². The van der Waals surface area contributed by atoms with Gasteiger partial charge < -0.3 is 14.9 Å². The van der Waals surface area contributed by atoms with Gasteiger partial charge in [0.15, 0.2) is 0 Å². The Morgan fingerprint density at radius 1 is 1.12 bits per heavy atom. The first-order valence-electron chi connectivity index (χ1n) is 9.07. The third kappa shape index (κ3) is 5.47. The highest BCUT2D eigenvalue weighted by Crippen LogP contribution is 2.50. The molecule has 1 aliphatic rings. The van der Waals surface area contributed by atoms with Gasteiger partial charge in [-0.15, -0.1) is 0 Å². The summed E-state index contributed by atoms with van der Waals surface area (Å²) in [6.07, 6.45) is -12.2. The predicted molar refractivity (Wildman–Crippen MR) is 109 cm³/mol. The number of hydrogen-bond acceptors (Lipinski definition) is 4. The molecule has 0 spiro atoms. The standard InChI is InChI=1S/C20H14Cl2F6N2O3/c1-32-16-3-2-10(4-14(16)29-17(31)9-19(23,24)25)15-8-18(33-30-15,20(26,27)28)11-5-12(21)7-13(22)6-11/h2-7H,8-9H2,1H3,(H,29,31). The molecule has 1 heterocycles. The first kappa shape index (κ1) is 25.0. The summed E-state index contributed by atoms with van der Waals surface area (Å²) in [5, 5.41) is 5.53. The second-order valence-electron chi connectivity index (χ2n) is 7.04. The number of amides is 1. The number of rotatable bonds is 5. The zero-order chi connectivity index (χ0) is 24.6. The summed E-state index contributed by atoms with van der Waals surface area (Å²) >= 11 is 11.7. The predicted octanol–water partition coefficient (Wildman–Crippen LogP) is 6.48. The van der Waals surface area contributed by atoms with Crippen LogP contribution in [0.4, 0.5) is 32.0 Å². The summed E-state index contributed by atoms with van der Waals surface area (Å²) in [6, 6.07) is 7.11. The number of ether oxygens (including phenoxy) is 1. The molecule has 13 heteroatoms. The normalized spacial score (nSPS) is 18.5. The second kappa shape index (κ2) is 8.94. The van der Waals surface area contributed by atoms with Gasteiger partial charge in [-0.2, -0.15) is 26.3 Å². The molecule has 1 unspecified atom stereocenters. The molecule has 0 aromatic heterocycles. The zero-order valence-corrected chi connectivity index (χ0v) is 18.1. The minimum absolute atomic E-state index is 0.00232. The Morgan fingerprint density at radius 3 is 2.30 bits per heavy atom. The van der Waals surface area contributed by atoms with Crippen molar-refractivity contribution in [2.45, 2.75) is 30.8 Å². The van der Waals surface area contributed by atoms with E-state index in [0.29, 0.717) is 0 Å². The Bertz CT molecular complexity index is 1080. The van der Waals surface area contributed by atoms with Crippen molar-refractivity contribution in [2.24, 2.45) is 5.16 Å². The maximum atomic E-state index is 14.1. The molecule has 0 bridgehead atoms. The first-order valence-corrected chi connectivity index (χ1v) is 9.83. The van der Waals surface area contributed by atoms with E-state index in [4.69, 9.17) is 32.8 Å². The van der Waals surface area contributed by atoms with Gasteiger partial charge in [-0.05, 0) is 36.4 Å². The van der Waals surface area contributed by atoms with Crippen LogP contribution in [0.25, 0.3) is 0 Å². The van der Waals surface area contributed by atoms with Gasteiger partial charge in [-0.1, -0.05) is 28.4 Å². The highest BCUT2D eigenvalue weighted by molar-refractivity contribution is 6.34. The number of nitrogens with zero attached hydrogens (tertiary/aromatic N) is 1. The Balaban J connectivity index is 1.95. The lowest BCUT2D eigenvalue weighted by Gasteiger charge is -2.29. The minimum atomic E-state index is -4.93. The summed E-state index contributed by atoms with van der Waals surface area (Å²) in [5.74, 6) is -1.38. The number of benzene rings is 2. The van der Waals surface area contributed by atoms with Crippen LogP contribution in [0.3, 0.4) is 0 Å². The highest BCUT2D eigenvalue weighted by Gasteiger charge is 2.62. The number of oxime groups is 1. The molecule has 2 aromatic carbocycles. The summed E-state index contributed by atoms with van der Waals surface area (Å²) < 4.78 is 84.8. The lowest BCUT2D eigenvalue weighted by atomic mass is 9.86. The molecule has 1 aliphatic heterocycles. The molecular weight excluding hydrogens is 501 g/mol. The van der Waals surface area contributed by atoms with E-state index in [2.05, 4.69) is 5.16 Å². The average molecular weight is 515 g/mol. The number of carbonyl (C=O) groups excluding carboxylic acids is 1. The number of hydrogen-bond donors (Lipinski definition) is 1. The van der Waals surface area contributed by atoms with Gasteiger partial charge in [0.2, 0.25) is 5.91 Å². The Hall–Kier alpha value is -2.66. The molecule has 0 saturated carbocycles. The van der Waals surface area contributed by atoms with Crippen LogP contribution in [0.5, 0.6) is 5.75 Å². The monoisotopic (exact) mass is 514 g/mol. The van der Waals surface area contributed by atoms with E-state index in [0.717, 1.165) is 18.2 Å². The van der Waals surface area contributed by atoms with Crippen molar-refractivity contribution in [3.8, 4) is 5.75 Å². The Labute approximate surface area is 193 Å². The zero-order valence-electron chi connectivity index (χ0n) is 16.6. The molecule has 178 valence electrons. The number of carbonyl (C=O) groups is 1. The lowest BCUT2D eigenvalue weighted by molar-refractivity contribution is -0.275. The number of alkyl halides is 6. The van der Waals surface area contributed by atoms with Gasteiger partial charge in [-0.3, -0.25) is 4.79 Å². The second-order valence-corrected chi connectivity index (χ2v) is 7.92. The SMILES string of the molecule is COc1ccc(C2=NOC(c3cc(Cl)cc(Cl)c3)(C(F)(F)F)C2)cc1NC(=O)CC(F)(F)F. The van der Waals surface area contributed by atoms with Gasteiger partial charge >= 0.3 is 12.4 Å². The van der Waals surface area contributed by atoms with Gasteiger partial charge in [0.1, 0.15) is 12.2 Å². The molecule has 33 heavy (non-hydrogen) atoms. The average Bonchev–Trinajstić information content (AvgIpc) is 3.12. The fourth-order valence-corrected chi connectivity index (χ4v) is 3.73. The molecule has 0 radical (unpaired) electrons. The lowest BCUT2D eigenvalue weighted by Crippen LogP contribution is -2.42. The van der Waals surface area contributed by atoms with E-state index in [9.17, 15) is 31.1 Å². The van der Waals surface area contributed by atoms with E-state index in [1.165, 1.54) is 25.3 Å². The minimum Gasteiger partial charge on any atom is -0.495 e. The van der Waals surface area contributed by atoms with Crippen molar-refractivity contribution in [2.75, 3.05) is 12.4 Å². The van der Waals surface area contributed by atoms with Crippen LogP contribution in [0.2, 0.25) is 10.0 Å². The van der Waals surface area contributed by atoms with Crippen molar-refractivity contribution >= 4 is 40.5 Å². The molecule has 1 amide bonds. The first-order chi connectivity index (χ1) is 15.2. The topological polar surface area (TPSA) is 59.9 Å². The van der Waals surface area contributed by atoms with Crippen molar-refractivity contribution in [3.05, 3.63) is 57.6 Å². The number of anilines is 1. The largest absolute Gasteiger partial charge is 0.495 e. The van der Waals surface area contributed by atoms with Gasteiger partial charge in [0, 0.05) is 27.6 Å². The summed E-state index contributed by atoms with van der Waals surface area (Å²) in [5.41, 5.74) is -3.55. The molecule has 5 nitrogen and oxygen atoms in total. The van der Waals surface area contributed by atoms with E-state index >= 15 is 0 Å². The van der Waals surface area contributed by atoms with Gasteiger partial charge in [0.05, 0.1) is 18.5 Å². The van der Waals surface area contributed by atoms with Crippen molar-refractivity contribution < 1.29 is 40.7 Å². The molecule has 1 atom stereocenters. The summed E-state index contributed by atoms with van der Waals surface area (Å²) in [6.45, 7) is 0. The number of halogens is 8. The smallest absolute Gasteiger partial charge is 0.435 e. The van der Waals surface area contributed by atoms with Crippen molar-refractivity contribution in [1.29, 1.82) is 0 Å². The van der Waals surface area contributed by atoms with Crippen LogP contribution in [-0.2, 0) is 15.2 Å². The van der Waals surface area contributed by atoms with Gasteiger partial charge in [0.25, 0.3) is 5.60 Å². The van der Waals surface area contributed by atoms with Crippen LogP contribution in [0.15, 0.2) is 41.6 Å². The third-order valence-corrected chi connectivity index (χ3v) is 5.12. The number of methoxy groups -OCH3 is 1. The quantitative estimate of drug-likeness (QED) is 0.465. The van der Waals surface area contributed by atoms with E-state index < -0.39 is 36.7 Å². The molecule has 2 aromatic rings. The van der Waals surface area contributed by atoms with E-state index in [1.54, 1.807) is 0 Å². The van der Waals surface area contributed by atoms with Crippen LogP contribution in [0.1, 0.15) is 24.0 Å². The molecule has 1 N–H and O–H groups in total. The van der Waals surface area contributed by atoms with Crippen LogP contribution < -0.4 is 10.1 Å². The fourth-order valence-electron chi connectivity index (χ4n) is 3.21. The molecule has 0 fully saturated rings. The maximum Gasteiger partial charge on any atom is 0.435 e. The highest BCUT2D eigenvalue weighted by atomic mass is 35.5. The number of nitrogens with one attached hydrogen (secondary N) is 1. The molecular formula is C20H14Cl2F6N2O3. The fraction of sp³-hybridized carbons (Fsp3) is 0.300. The molecule has 3 rings (SSSR count). The van der Waals surface area contributed by atoms with Crippen molar-refractivity contribution in [1.82, 2.24) is 0 Å².